The molecule has 32 heavy (non-hydrogen) atoms. The van der Waals surface area contributed by atoms with E-state index < -0.39 is 5.97 Å². The first-order chi connectivity index (χ1) is 15.4. The Hall–Kier alpha value is -3.79. The van der Waals surface area contributed by atoms with E-state index in [4.69, 9.17) is 33.0 Å². The van der Waals surface area contributed by atoms with Crippen molar-refractivity contribution in [1.82, 2.24) is 4.98 Å². The summed E-state index contributed by atoms with van der Waals surface area (Å²) in [5.74, 6) is -0.531. The number of nitrogens with one attached hydrogen (secondary N) is 1. The second kappa shape index (κ2) is 8.75. The van der Waals surface area contributed by atoms with Crippen LogP contribution in [0.3, 0.4) is 0 Å². The maximum absolute atomic E-state index is 11.1. The summed E-state index contributed by atoms with van der Waals surface area (Å²) in [5, 5.41) is 23.4. The number of anilines is 2. The van der Waals surface area contributed by atoms with E-state index in [2.05, 4.69) is 16.4 Å². The van der Waals surface area contributed by atoms with Crippen molar-refractivity contribution >= 4 is 51.4 Å². The van der Waals surface area contributed by atoms with Crippen LogP contribution in [-0.4, -0.2) is 23.2 Å². The molecular weight excluding hydrogens is 449 g/mol. The van der Waals surface area contributed by atoms with Gasteiger partial charge in [-0.1, -0.05) is 47.5 Å². The van der Waals surface area contributed by atoms with Crippen LogP contribution < -0.4 is 10.1 Å². The fourth-order valence-electron chi connectivity index (χ4n) is 3.31. The number of halogens is 2. The van der Waals surface area contributed by atoms with Gasteiger partial charge in [0.05, 0.1) is 45.2 Å². The van der Waals surface area contributed by atoms with E-state index >= 15 is 0 Å². The molecule has 158 valence electrons. The van der Waals surface area contributed by atoms with Crippen LogP contribution in [0.15, 0.2) is 60.8 Å². The zero-order valence-electron chi connectivity index (χ0n) is 16.7. The van der Waals surface area contributed by atoms with E-state index in [9.17, 15) is 10.1 Å². The molecule has 0 saturated carbocycles. The average molecular weight is 464 g/mol. The van der Waals surface area contributed by atoms with Crippen LogP contribution >= 0.6 is 23.2 Å². The number of ether oxygens (including phenoxy) is 1. The Labute approximate surface area is 193 Å². The first-order valence-electron chi connectivity index (χ1n) is 9.38. The Morgan fingerprint density at radius 1 is 1.06 bits per heavy atom. The third kappa shape index (κ3) is 4.04. The average Bonchev–Trinajstić information content (AvgIpc) is 2.80. The first-order valence-corrected chi connectivity index (χ1v) is 10.1. The minimum Gasteiger partial charge on any atom is -0.495 e. The number of nitrogens with zero attached hydrogens (tertiary/aromatic N) is 2. The van der Waals surface area contributed by atoms with Gasteiger partial charge in [0.2, 0.25) is 0 Å². The Balaban J connectivity index is 1.79. The first kappa shape index (κ1) is 21.4. The largest absolute Gasteiger partial charge is 0.495 e. The summed E-state index contributed by atoms with van der Waals surface area (Å²) in [6.45, 7) is 0. The van der Waals surface area contributed by atoms with E-state index in [0.29, 0.717) is 38.2 Å². The molecular formula is C24H15Cl2N3O3. The van der Waals surface area contributed by atoms with Gasteiger partial charge in [-0.05, 0) is 35.4 Å². The topological polar surface area (TPSA) is 95.2 Å². The molecule has 0 radical (unpaired) electrons. The number of rotatable bonds is 5. The summed E-state index contributed by atoms with van der Waals surface area (Å²) in [6, 6.07) is 17.6. The second-order valence-corrected chi connectivity index (χ2v) is 7.68. The van der Waals surface area contributed by atoms with Crippen LogP contribution in [0, 0.1) is 11.3 Å². The van der Waals surface area contributed by atoms with Crippen LogP contribution in [0.2, 0.25) is 10.0 Å². The van der Waals surface area contributed by atoms with E-state index in [1.807, 2.05) is 18.2 Å². The van der Waals surface area contributed by atoms with Crippen LogP contribution in [0.4, 0.5) is 11.4 Å². The molecule has 0 saturated heterocycles. The third-order valence-corrected chi connectivity index (χ3v) is 5.56. The van der Waals surface area contributed by atoms with Gasteiger partial charge < -0.3 is 15.2 Å². The Morgan fingerprint density at radius 3 is 2.44 bits per heavy atom. The highest BCUT2D eigenvalue weighted by atomic mass is 35.5. The molecule has 0 amide bonds. The van der Waals surface area contributed by atoms with Crippen molar-refractivity contribution in [3.8, 4) is 22.9 Å². The Morgan fingerprint density at radius 2 is 1.78 bits per heavy atom. The van der Waals surface area contributed by atoms with Crippen molar-refractivity contribution in [3.05, 3.63) is 82.0 Å². The third-order valence-electron chi connectivity index (χ3n) is 4.96. The molecule has 1 aromatic heterocycles. The van der Waals surface area contributed by atoms with Gasteiger partial charge in [0.15, 0.2) is 0 Å². The number of aromatic carboxylic acids is 1. The molecule has 0 bridgehead atoms. The van der Waals surface area contributed by atoms with Gasteiger partial charge >= 0.3 is 5.97 Å². The maximum Gasteiger partial charge on any atom is 0.335 e. The monoisotopic (exact) mass is 463 g/mol. The van der Waals surface area contributed by atoms with Crippen molar-refractivity contribution in [2.75, 3.05) is 12.4 Å². The van der Waals surface area contributed by atoms with Gasteiger partial charge in [0.1, 0.15) is 11.8 Å². The summed E-state index contributed by atoms with van der Waals surface area (Å²) < 4.78 is 5.27. The van der Waals surface area contributed by atoms with E-state index in [1.165, 1.54) is 13.3 Å². The molecule has 8 heteroatoms. The van der Waals surface area contributed by atoms with Crippen molar-refractivity contribution in [3.63, 3.8) is 0 Å². The van der Waals surface area contributed by atoms with Crippen LogP contribution in [0.1, 0.15) is 15.9 Å². The number of benzene rings is 3. The van der Waals surface area contributed by atoms with Gasteiger partial charge in [-0.2, -0.15) is 5.26 Å². The van der Waals surface area contributed by atoms with Crippen molar-refractivity contribution in [2.45, 2.75) is 0 Å². The van der Waals surface area contributed by atoms with Crippen molar-refractivity contribution < 1.29 is 14.6 Å². The molecule has 3 aromatic carbocycles. The highest BCUT2D eigenvalue weighted by molar-refractivity contribution is 6.37. The number of hydrogen-bond acceptors (Lipinski definition) is 5. The van der Waals surface area contributed by atoms with Crippen LogP contribution in [0.25, 0.3) is 22.0 Å². The van der Waals surface area contributed by atoms with Crippen LogP contribution in [0.5, 0.6) is 5.75 Å². The zero-order valence-corrected chi connectivity index (χ0v) is 18.2. The molecule has 0 unspecified atom stereocenters. The van der Waals surface area contributed by atoms with E-state index in [0.717, 1.165) is 16.5 Å². The number of carboxylic acids is 1. The highest BCUT2D eigenvalue weighted by Gasteiger charge is 2.14. The summed E-state index contributed by atoms with van der Waals surface area (Å²) in [6.07, 6.45) is 1.49. The predicted octanol–water partition coefficient (Wildman–Crippen LogP) is 6.53. The number of aromatic nitrogens is 1. The summed E-state index contributed by atoms with van der Waals surface area (Å²) in [5.41, 5.74) is 4.02. The molecule has 4 rings (SSSR count). The van der Waals surface area contributed by atoms with Crippen molar-refractivity contribution in [2.24, 2.45) is 0 Å². The Kier molecular flexibility index (Phi) is 5.87. The number of methoxy groups -OCH3 is 1. The lowest BCUT2D eigenvalue weighted by Crippen LogP contribution is -1.99. The second-order valence-electron chi connectivity index (χ2n) is 6.86. The normalized spacial score (nSPS) is 10.6. The van der Waals surface area contributed by atoms with Crippen molar-refractivity contribution in [1.29, 1.82) is 5.26 Å². The smallest absolute Gasteiger partial charge is 0.335 e. The van der Waals surface area contributed by atoms with Gasteiger partial charge in [0.25, 0.3) is 0 Å². The molecule has 0 aliphatic rings. The lowest BCUT2D eigenvalue weighted by molar-refractivity contribution is 0.0697. The number of pyridine rings is 1. The van der Waals surface area contributed by atoms with Gasteiger partial charge in [-0.25, -0.2) is 4.79 Å². The lowest BCUT2D eigenvalue weighted by Gasteiger charge is -2.15. The number of hydrogen-bond donors (Lipinski definition) is 2. The highest BCUT2D eigenvalue weighted by Crippen LogP contribution is 2.38. The molecule has 0 fully saturated rings. The molecule has 2 N–H and O–H groups in total. The van der Waals surface area contributed by atoms with Gasteiger partial charge in [-0.15, -0.1) is 0 Å². The SMILES string of the molecule is COc1cc(Nc2c(C#N)cnc3cc(-c4ccc(C(=O)O)cc4)ccc23)c(Cl)cc1Cl. The minimum absolute atomic E-state index is 0.216. The molecule has 0 aliphatic carbocycles. The number of fused-ring (bicyclic) bond motifs is 1. The number of carbonyl (C=O) groups is 1. The summed E-state index contributed by atoms with van der Waals surface area (Å²) >= 11 is 12.5. The summed E-state index contributed by atoms with van der Waals surface area (Å²) in [7, 11) is 1.51. The zero-order chi connectivity index (χ0) is 22.8. The minimum atomic E-state index is -0.978. The fourth-order valence-corrected chi connectivity index (χ4v) is 3.82. The summed E-state index contributed by atoms with van der Waals surface area (Å²) in [4.78, 5) is 15.5. The predicted molar refractivity (Wildman–Crippen MR) is 125 cm³/mol. The van der Waals surface area contributed by atoms with E-state index in [1.54, 1.807) is 36.4 Å². The van der Waals surface area contributed by atoms with E-state index in [-0.39, 0.29) is 5.56 Å². The standard InChI is InChI=1S/C24H15Cl2N3O3/c1-32-22-10-21(18(25)9-19(22)26)29-23-16(11-27)12-28-20-8-15(6-7-17(20)23)13-2-4-14(5-3-13)24(30)31/h2-10,12H,1H3,(H,28,29)(H,30,31). The molecule has 0 spiro atoms. The fraction of sp³-hybridized carbons (Fsp3) is 0.0417. The van der Waals surface area contributed by atoms with Crippen LogP contribution in [-0.2, 0) is 0 Å². The molecule has 0 atom stereocenters. The van der Waals surface area contributed by atoms with Gasteiger partial charge in [-0.3, -0.25) is 4.98 Å². The quantitative estimate of drug-likeness (QED) is 0.349. The molecule has 0 aliphatic heterocycles. The number of carboxylic acid groups (broad SMARTS) is 1. The van der Waals surface area contributed by atoms with Gasteiger partial charge in [0, 0.05) is 17.6 Å². The molecule has 1 heterocycles. The number of nitriles is 1. The molecule has 4 aromatic rings. The Bertz CT molecular complexity index is 1400. The molecule has 6 nitrogen and oxygen atoms in total. The maximum atomic E-state index is 11.1. The lowest BCUT2D eigenvalue weighted by atomic mass is 10.0.